The van der Waals surface area contributed by atoms with Crippen LogP contribution in [0.15, 0.2) is 18.2 Å². The summed E-state index contributed by atoms with van der Waals surface area (Å²) >= 11 is 1.98. The molecule has 1 heterocycles. The molecule has 1 aliphatic rings. The standard InChI is InChI=1S/C14H21N3O2S/c1-19-12-4-2-3-11(13(12)15)14(18)16-5-6-17-7-9-20-10-8-17/h2-4H,5-10,15H2,1H3,(H,16,18). The van der Waals surface area contributed by atoms with Crippen molar-refractivity contribution in [1.29, 1.82) is 0 Å². The fourth-order valence-corrected chi connectivity index (χ4v) is 3.15. The molecular formula is C14H21N3O2S. The maximum Gasteiger partial charge on any atom is 0.253 e. The van der Waals surface area contributed by atoms with Crippen molar-refractivity contribution in [2.75, 3.05) is 50.5 Å². The molecule has 1 aromatic rings. The summed E-state index contributed by atoms with van der Waals surface area (Å²) in [6, 6.07) is 5.23. The van der Waals surface area contributed by atoms with Gasteiger partial charge in [-0.25, -0.2) is 0 Å². The quantitative estimate of drug-likeness (QED) is 0.795. The van der Waals surface area contributed by atoms with Gasteiger partial charge in [0, 0.05) is 37.7 Å². The number of thioether (sulfide) groups is 1. The number of nitrogen functional groups attached to an aromatic ring is 1. The molecule has 0 aliphatic carbocycles. The van der Waals surface area contributed by atoms with Crippen molar-refractivity contribution in [3.8, 4) is 5.75 Å². The molecule has 0 aromatic heterocycles. The van der Waals surface area contributed by atoms with Gasteiger partial charge in [0.05, 0.1) is 18.4 Å². The first kappa shape index (κ1) is 15.0. The van der Waals surface area contributed by atoms with Crippen molar-refractivity contribution >= 4 is 23.4 Å². The molecule has 5 nitrogen and oxygen atoms in total. The molecule has 110 valence electrons. The van der Waals surface area contributed by atoms with Gasteiger partial charge in [-0.3, -0.25) is 9.69 Å². The predicted octanol–water partition coefficient (Wildman–Crippen LogP) is 1.06. The lowest BCUT2D eigenvalue weighted by atomic mass is 10.1. The average molecular weight is 295 g/mol. The summed E-state index contributed by atoms with van der Waals surface area (Å²) in [6.45, 7) is 3.72. The van der Waals surface area contributed by atoms with Crippen molar-refractivity contribution in [1.82, 2.24) is 10.2 Å². The minimum Gasteiger partial charge on any atom is -0.495 e. The molecule has 6 heteroatoms. The zero-order chi connectivity index (χ0) is 14.4. The van der Waals surface area contributed by atoms with E-state index in [9.17, 15) is 4.79 Å². The minimum atomic E-state index is -0.146. The van der Waals surface area contributed by atoms with Gasteiger partial charge < -0.3 is 15.8 Å². The molecular weight excluding hydrogens is 274 g/mol. The molecule has 0 unspecified atom stereocenters. The molecule has 20 heavy (non-hydrogen) atoms. The van der Waals surface area contributed by atoms with Gasteiger partial charge in [-0.2, -0.15) is 11.8 Å². The van der Waals surface area contributed by atoms with E-state index in [1.54, 1.807) is 25.3 Å². The summed E-state index contributed by atoms with van der Waals surface area (Å²) in [5.74, 6) is 2.74. The maximum absolute atomic E-state index is 12.1. The van der Waals surface area contributed by atoms with E-state index < -0.39 is 0 Å². The first-order chi connectivity index (χ1) is 9.72. The molecule has 1 fully saturated rings. The number of nitrogens with two attached hydrogens (primary N) is 1. The van der Waals surface area contributed by atoms with Crippen LogP contribution in [0, 0.1) is 0 Å². The number of benzene rings is 1. The number of rotatable bonds is 5. The lowest BCUT2D eigenvalue weighted by Gasteiger charge is -2.26. The third-order valence-electron chi connectivity index (χ3n) is 3.35. The fraction of sp³-hybridized carbons (Fsp3) is 0.500. The molecule has 0 bridgehead atoms. The van der Waals surface area contributed by atoms with Crippen LogP contribution in [0.5, 0.6) is 5.75 Å². The maximum atomic E-state index is 12.1. The van der Waals surface area contributed by atoms with Crippen molar-refractivity contribution in [3.63, 3.8) is 0 Å². The average Bonchev–Trinajstić information content (AvgIpc) is 2.48. The van der Waals surface area contributed by atoms with Gasteiger partial charge in [-0.15, -0.1) is 0 Å². The van der Waals surface area contributed by atoms with Crippen LogP contribution in [0.2, 0.25) is 0 Å². The van der Waals surface area contributed by atoms with Crippen LogP contribution >= 0.6 is 11.8 Å². The SMILES string of the molecule is COc1cccc(C(=O)NCCN2CCSCC2)c1N. The van der Waals surface area contributed by atoms with E-state index in [1.165, 1.54) is 11.5 Å². The number of nitrogens with one attached hydrogen (secondary N) is 1. The predicted molar refractivity (Wildman–Crippen MR) is 83.5 cm³/mol. The van der Waals surface area contributed by atoms with Crippen molar-refractivity contribution < 1.29 is 9.53 Å². The second kappa shape index (κ2) is 7.40. The summed E-state index contributed by atoms with van der Waals surface area (Å²) < 4.78 is 5.12. The van der Waals surface area contributed by atoms with Crippen molar-refractivity contribution in [2.24, 2.45) is 0 Å². The highest BCUT2D eigenvalue weighted by Crippen LogP contribution is 2.24. The fourth-order valence-electron chi connectivity index (χ4n) is 2.17. The summed E-state index contributed by atoms with van der Waals surface area (Å²) in [4.78, 5) is 14.5. The molecule has 2 rings (SSSR count). The van der Waals surface area contributed by atoms with E-state index >= 15 is 0 Å². The molecule has 1 amide bonds. The van der Waals surface area contributed by atoms with Crippen LogP contribution in [0.3, 0.4) is 0 Å². The van der Waals surface area contributed by atoms with E-state index in [4.69, 9.17) is 10.5 Å². The van der Waals surface area contributed by atoms with E-state index in [0.717, 1.165) is 19.6 Å². The van der Waals surface area contributed by atoms with Gasteiger partial charge in [0.2, 0.25) is 0 Å². The third-order valence-corrected chi connectivity index (χ3v) is 4.29. The molecule has 0 saturated carbocycles. The number of anilines is 1. The Labute approximate surface area is 123 Å². The number of para-hydroxylation sites is 1. The largest absolute Gasteiger partial charge is 0.495 e. The molecule has 1 aromatic carbocycles. The van der Waals surface area contributed by atoms with E-state index in [-0.39, 0.29) is 5.91 Å². The van der Waals surface area contributed by atoms with Gasteiger partial charge in [-0.05, 0) is 12.1 Å². The van der Waals surface area contributed by atoms with Crippen LogP contribution < -0.4 is 15.8 Å². The summed E-state index contributed by atoms with van der Waals surface area (Å²) in [5.41, 5.74) is 6.77. The number of hydrogen-bond acceptors (Lipinski definition) is 5. The molecule has 1 saturated heterocycles. The first-order valence-corrected chi connectivity index (χ1v) is 7.88. The Kier molecular flexibility index (Phi) is 5.55. The number of hydrogen-bond donors (Lipinski definition) is 2. The molecule has 1 aliphatic heterocycles. The smallest absolute Gasteiger partial charge is 0.253 e. The lowest BCUT2D eigenvalue weighted by molar-refractivity contribution is 0.0949. The Morgan fingerprint density at radius 2 is 2.20 bits per heavy atom. The normalized spacial score (nSPS) is 15.8. The van der Waals surface area contributed by atoms with Crippen molar-refractivity contribution in [3.05, 3.63) is 23.8 Å². The van der Waals surface area contributed by atoms with Crippen LogP contribution in [0.25, 0.3) is 0 Å². The van der Waals surface area contributed by atoms with Gasteiger partial charge in [0.25, 0.3) is 5.91 Å². The van der Waals surface area contributed by atoms with E-state index in [2.05, 4.69) is 10.2 Å². The number of carbonyl (C=O) groups excluding carboxylic acids is 1. The summed E-state index contributed by atoms with van der Waals surface area (Å²) in [6.07, 6.45) is 0. The number of ether oxygens (including phenoxy) is 1. The Balaban J connectivity index is 1.85. The lowest BCUT2D eigenvalue weighted by Crippen LogP contribution is -2.39. The number of nitrogens with zero attached hydrogens (tertiary/aromatic N) is 1. The second-order valence-corrected chi connectivity index (χ2v) is 5.86. The third kappa shape index (κ3) is 3.80. The number of carbonyl (C=O) groups is 1. The molecule has 0 spiro atoms. The van der Waals surface area contributed by atoms with Gasteiger partial charge in [0.1, 0.15) is 5.75 Å². The molecule has 0 atom stereocenters. The Bertz CT molecular complexity index is 462. The van der Waals surface area contributed by atoms with Crippen LogP contribution in [0.4, 0.5) is 5.69 Å². The van der Waals surface area contributed by atoms with Gasteiger partial charge >= 0.3 is 0 Å². The van der Waals surface area contributed by atoms with E-state index in [1.807, 2.05) is 11.8 Å². The Morgan fingerprint density at radius 1 is 1.45 bits per heavy atom. The molecule has 0 radical (unpaired) electrons. The van der Waals surface area contributed by atoms with Crippen molar-refractivity contribution in [2.45, 2.75) is 0 Å². The summed E-state index contributed by atoms with van der Waals surface area (Å²) in [5, 5.41) is 2.92. The zero-order valence-corrected chi connectivity index (χ0v) is 12.5. The van der Waals surface area contributed by atoms with Gasteiger partial charge in [0.15, 0.2) is 0 Å². The highest BCUT2D eigenvalue weighted by atomic mass is 32.2. The van der Waals surface area contributed by atoms with Gasteiger partial charge in [-0.1, -0.05) is 6.07 Å². The van der Waals surface area contributed by atoms with Crippen LogP contribution in [-0.2, 0) is 0 Å². The minimum absolute atomic E-state index is 0.146. The zero-order valence-electron chi connectivity index (χ0n) is 11.7. The second-order valence-electron chi connectivity index (χ2n) is 4.63. The Hall–Kier alpha value is -1.40. The molecule has 3 N–H and O–H groups in total. The number of amides is 1. The monoisotopic (exact) mass is 295 g/mol. The Morgan fingerprint density at radius 3 is 2.90 bits per heavy atom. The van der Waals surface area contributed by atoms with E-state index in [0.29, 0.717) is 23.5 Å². The highest BCUT2D eigenvalue weighted by molar-refractivity contribution is 7.99. The number of methoxy groups -OCH3 is 1. The topological polar surface area (TPSA) is 67.6 Å². The van der Waals surface area contributed by atoms with Crippen LogP contribution in [0.1, 0.15) is 10.4 Å². The van der Waals surface area contributed by atoms with Crippen LogP contribution in [-0.4, -0.2) is 55.6 Å². The highest BCUT2D eigenvalue weighted by Gasteiger charge is 2.14. The summed E-state index contributed by atoms with van der Waals surface area (Å²) in [7, 11) is 1.54. The first-order valence-electron chi connectivity index (χ1n) is 6.73.